The third-order valence-corrected chi connectivity index (χ3v) is 6.19. The Morgan fingerprint density at radius 1 is 1.30 bits per heavy atom. The van der Waals surface area contributed by atoms with Gasteiger partial charge in [-0.1, -0.05) is 5.16 Å². The van der Waals surface area contributed by atoms with Gasteiger partial charge >= 0.3 is 0 Å². The van der Waals surface area contributed by atoms with Crippen molar-refractivity contribution >= 4 is 5.91 Å². The van der Waals surface area contributed by atoms with Crippen LogP contribution < -0.4 is 10.6 Å². The highest BCUT2D eigenvalue weighted by molar-refractivity contribution is 5.76. The zero-order chi connectivity index (χ0) is 21.0. The lowest BCUT2D eigenvalue weighted by atomic mass is 9.73. The fourth-order valence-electron chi connectivity index (χ4n) is 4.42. The predicted octanol–water partition coefficient (Wildman–Crippen LogP) is 1.23. The summed E-state index contributed by atoms with van der Waals surface area (Å²) in [6.07, 6.45) is 6.13. The number of aryl methyl sites for hydroxylation is 1. The second-order valence-corrected chi connectivity index (χ2v) is 8.38. The SMILES string of the molecule is C[C@@]1(NC(=O)CCCc2nc(-c3ccncc3)no2)CCOC2(CCNCC2)[C@H]1O. The molecule has 0 radical (unpaired) electrons. The Morgan fingerprint density at radius 2 is 2.07 bits per heavy atom. The van der Waals surface area contributed by atoms with E-state index in [1.165, 1.54) is 0 Å². The lowest BCUT2D eigenvalue weighted by Gasteiger charge is -2.52. The van der Waals surface area contributed by atoms with E-state index in [4.69, 9.17) is 9.26 Å². The van der Waals surface area contributed by atoms with Gasteiger partial charge in [0.05, 0.1) is 11.1 Å². The maximum Gasteiger partial charge on any atom is 0.226 e. The molecule has 0 saturated carbocycles. The number of piperidine rings is 1. The van der Waals surface area contributed by atoms with Crippen LogP contribution in [0, 0.1) is 0 Å². The first-order valence-corrected chi connectivity index (χ1v) is 10.6. The number of ether oxygens (including phenoxy) is 1. The molecule has 3 N–H and O–H groups in total. The van der Waals surface area contributed by atoms with Crippen LogP contribution in [-0.2, 0) is 16.0 Å². The van der Waals surface area contributed by atoms with Gasteiger partial charge in [0.25, 0.3) is 0 Å². The van der Waals surface area contributed by atoms with Crippen LogP contribution in [0.1, 0.15) is 44.9 Å². The zero-order valence-corrected chi connectivity index (χ0v) is 17.3. The van der Waals surface area contributed by atoms with Crippen LogP contribution in [0.5, 0.6) is 0 Å². The van der Waals surface area contributed by atoms with Crippen LogP contribution in [0.3, 0.4) is 0 Å². The van der Waals surface area contributed by atoms with Crippen molar-refractivity contribution in [3.8, 4) is 11.4 Å². The van der Waals surface area contributed by atoms with Crippen LogP contribution in [0.4, 0.5) is 0 Å². The van der Waals surface area contributed by atoms with Gasteiger partial charge in [-0.05, 0) is 57.8 Å². The fourth-order valence-corrected chi connectivity index (χ4v) is 4.42. The van der Waals surface area contributed by atoms with E-state index in [9.17, 15) is 9.90 Å². The summed E-state index contributed by atoms with van der Waals surface area (Å²) in [5.74, 6) is 0.930. The lowest BCUT2D eigenvalue weighted by Crippen LogP contribution is -2.69. The molecule has 162 valence electrons. The molecule has 1 spiro atoms. The molecule has 9 heteroatoms. The Balaban J connectivity index is 1.29. The quantitative estimate of drug-likeness (QED) is 0.644. The summed E-state index contributed by atoms with van der Waals surface area (Å²) >= 11 is 0. The van der Waals surface area contributed by atoms with E-state index in [1.54, 1.807) is 12.4 Å². The molecule has 1 amide bonds. The molecule has 4 rings (SSSR count). The van der Waals surface area contributed by atoms with Gasteiger partial charge in [-0.3, -0.25) is 9.78 Å². The van der Waals surface area contributed by atoms with Gasteiger partial charge in [0.1, 0.15) is 6.10 Å². The Hall–Kier alpha value is -2.36. The molecular formula is C21H29N5O4. The molecule has 0 bridgehead atoms. The van der Waals surface area contributed by atoms with Gasteiger partial charge in [0, 0.05) is 37.4 Å². The number of aliphatic hydroxyl groups is 1. The van der Waals surface area contributed by atoms with Crippen molar-refractivity contribution in [3.63, 3.8) is 0 Å². The molecule has 2 aromatic heterocycles. The molecule has 2 aliphatic heterocycles. The normalized spacial score (nSPS) is 25.9. The Morgan fingerprint density at radius 3 is 2.83 bits per heavy atom. The molecule has 9 nitrogen and oxygen atoms in total. The van der Waals surface area contributed by atoms with Crippen molar-refractivity contribution in [2.24, 2.45) is 0 Å². The number of rotatable bonds is 6. The summed E-state index contributed by atoms with van der Waals surface area (Å²) in [5.41, 5.74) is -0.421. The minimum Gasteiger partial charge on any atom is -0.388 e. The first-order chi connectivity index (χ1) is 14.5. The van der Waals surface area contributed by atoms with Gasteiger partial charge in [-0.15, -0.1) is 0 Å². The highest BCUT2D eigenvalue weighted by Crippen LogP contribution is 2.38. The minimum atomic E-state index is -0.733. The smallest absolute Gasteiger partial charge is 0.226 e. The number of amides is 1. The molecule has 0 aliphatic carbocycles. The van der Waals surface area contributed by atoms with Crippen LogP contribution in [0.2, 0.25) is 0 Å². The summed E-state index contributed by atoms with van der Waals surface area (Å²) in [5, 5.41) is 21.4. The molecule has 0 unspecified atom stereocenters. The molecule has 2 fully saturated rings. The van der Waals surface area contributed by atoms with Gasteiger partial charge in [0.15, 0.2) is 0 Å². The monoisotopic (exact) mass is 415 g/mol. The maximum absolute atomic E-state index is 12.6. The summed E-state index contributed by atoms with van der Waals surface area (Å²) in [4.78, 5) is 21.0. The van der Waals surface area contributed by atoms with E-state index in [0.29, 0.717) is 44.0 Å². The lowest BCUT2D eigenvalue weighted by molar-refractivity contribution is -0.200. The average molecular weight is 415 g/mol. The molecule has 30 heavy (non-hydrogen) atoms. The van der Waals surface area contributed by atoms with Gasteiger partial charge in [-0.25, -0.2) is 0 Å². The molecule has 4 heterocycles. The fraction of sp³-hybridized carbons (Fsp3) is 0.619. The molecule has 0 aromatic carbocycles. The predicted molar refractivity (Wildman–Crippen MR) is 108 cm³/mol. The zero-order valence-electron chi connectivity index (χ0n) is 17.3. The van der Waals surface area contributed by atoms with Crippen molar-refractivity contribution in [2.75, 3.05) is 19.7 Å². The summed E-state index contributed by atoms with van der Waals surface area (Å²) < 4.78 is 11.3. The van der Waals surface area contributed by atoms with Gasteiger partial charge in [0.2, 0.25) is 17.6 Å². The molecular weight excluding hydrogens is 386 g/mol. The highest BCUT2D eigenvalue weighted by atomic mass is 16.5. The Bertz CT molecular complexity index is 847. The number of aliphatic hydroxyl groups excluding tert-OH is 1. The van der Waals surface area contributed by atoms with E-state index >= 15 is 0 Å². The molecule has 2 aliphatic rings. The summed E-state index contributed by atoms with van der Waals surface area (Å²) in [6, 6.07) is 3.63. The minimum absolute atomic E-state index is 0.0867. The van der Waals surface area contributed by atoms with E-state index in [-0.39, 0.29) is 5.91 Å². The van der Waals surface area contributed by atoms with Crippen LogP contribution in [0.25, 0.3) is 11.4 Å². The van der Waals surface area contributed by atoms with E-state index in [0.717, 1.165) is 31.5 Å². The number of carbonyl (C=O) groups is 1. The van der Waals surface area contributed by atoms with E-state index < -0.39 is 17.2 Å². The highest BCUT2D eigenvalue weighted by Gasteiger charge is 2.52. The Labute approximate surface area is 175 Å². The van der Waals surface area contributed by atoms with Crippen LogP contribution in [-0.4, -0.2) is 63.1 Å². The second-order valence-electron chi connectivity index (χ2n) is 8.38. The number of carbonyl (C=O) groups excluding carboxylic acids is 1. The standard InChI is InChI=1S/C21H29N5O4/c1-20(9-14-29-21(19(20)28)7-12-23-13-8-21)25-16(27)3-2-4-17-24-18(26-30-17)15-5-10-22-11-6-15/h5-6,10-11,19,23,28H,2-4,7-9,12-14H2,1H3,(H,25,27)/t19-,20+/m0/s1. The van der Waals surface area contributed by atoms with Crippen molar-refractivity contribution < 1.29 is 19.2 Å². The number of hydrogen-bond acceptors (Lipinski definition) is 8. The van der Waals surface area contributed by atoms with E-state index in [1.807, 2.05) is 19.1 Å². The van der Waals surface area contributed by atoms with E-state index in [2.05, 4.69) is 25.8 Å². The van der Waals surface area contributed by atoms with Gasteiger partial charge in [-0.2, -0.15) is 4.98 Å². The number of nitrogens with one attached hydrogen (secondary N) is 2. The van der Waals surface area contributed by atoms with Crippen molar-refractivity contribution in [1.82, 2.24) is 25.8 Å². The van der Waals surface area contributed by atoms with Crippen molar-refractivity contribution in [1.29, 1.82) is 0 Å². The number of nitrogens with zero attached hydrogens (tertiary/aromatic N) is 3. The number of pyridine rings is 1. The molecule has 2 saturated heterocycles. The Kier molecular flexibility index (Phi) is 6.12. The summed E-state index contributed by atoms with van der Waals surface area (Å²) in [7, 11) is 0. The third-order valence-electron chi connectivity index (χ3n) is 6.19. The van der Waals surface area contributed by atoms with Crippen molar-refractivity contribution in [3.05, 3.63) is 30.4 Å². The summed E-state index contributed by atoms with van der Waals surface area (Å²) in [6.45, 7) is 4.08. The number of aromatic nitrogens is 3. The first kappa shape index (κ1) is 20.9. The van der Waals surface area contributed by atoms with Crippen LogP contribution in [0.15, 0.2) is 29.0 Å². The largest absolute Gasteiger partial charge is 0.388 e. The van der Waals surface area contributed by atoms with Crippen LogP contribution >= 0.6 is 0 Å². The van der Waals surface area contributed by atoms with Crippen molar-refractivity contribution in [2.45, 2.75) is 62.7 Å². The maximum atomic E-state index is 12.6. The van der Waals surface area contributed by atoms with Gasteiger partial charge < -0.3 is 25.0 Å². The number of hydrogen-bond donors (Lipinski definition) is 3. The average Bonchev–Trinajstić information content (AvgIpc) is 3.22. The molecule has 2 atom stereocenters. The second kappa shape index (κ2) is 8.79. The topological polar surface area (TPSA) is 122 Å². The molecule has 2 aromatic rings. The first-order valence-electron chi connectivity index (χ1n) is 10.6. The third kappa shape index (κ3) is 4.38.